The van der Waals surface area contributed by atoms with Gasteiger partial charge in [0, 0.05) is 0 Å². The van der Waals surface area contributed by atoms with Crippen LogP contribution in [-0.2, 0) is 34.1 Å². The standard InChI is InChI=1S/C30H20N4.2C5H5.2Fe/c1-2-6-25(5-1)33-27-13-14-28(33)18-22-10-12-24(32-22)20-30-16-15-29(34(30)26-7-3-4-8-26)19-23-11-9-21(17-27)31-23;2*1-2-4-5-3-1;;/h1-20H;2*1-5H;;/q-2;2*-1;2*+2. The van der Waals surface area contributed by atoms with E-state index in [-0.39, 0.29) is 34.1 Å². The van der Waals surface area contributed by atoms with Gasteiger partial charge in [-0.3, -0.25) is 9.97 Å². The van der Waals surface area contributed by atoms with Crippen molar-refractivity contribution in [2.45, 2.75) is 0 Å². The van der Waals surface area contributed by atoms with E-state index in [0.717, 1.165) is 56.2 Å². The zero-order chi connectivity index (χ0) is 29.6. The van der Waals surface area contributed by atoms with Crippen LogP contribution in [0.2, 0.25) is 0 Å². The molecule has 2 aliphatic rings. The number of hydrogen-bond donors (Lipinski definition) is 0. The van der Waals surface area contributed by atoms with Crippen LogP contribution in [0.5, 0.6) is 0 Å². The zero-order valence-electron chi connectivity index (χ0n) is 24.8. The van der Waals surface area contributed by atoms with Gasteiger partial charge < -0.3 is 9.13 Å². The molecule has 8 bridgehead atoms. The second kappa shape index (κ2) is 15.4. The summed E-state index contributed by atoms with van der Waals surface area (Å²) >= 11 is 0. The maximum atomic E-state index is 4.89. The minimum absolute atomic E-state index is 0. The van der Waals surface area contributed by atoms with Crippen molar-refractivity contribution >= 4 is 46.4 Å². The Bertz CT molecular complexity index is 1880. The third-order valence-corrected chi connectivity index (χ3v) is 7.35. The summed E-state index contributed by atoms with van der Waals surface area (Å²) in [7, 11) is 0. The average Bonchev–Trinajstić information content (AvgIpc) is 3.89. The van der Waals surface area contributed by atoms with E-state index in [4.69, 9.17) is 9.97 Å². The van der Waals surface area contributed by atoms with Crippen LogP contribution in [0.15, 0.2) is 158 Å². The molecule has 0 aliphatic carbocycles. The monoisotopic (exact) mass is 678 g/mol. The molecule has 0 saturated carbocycles. The predicted octanol–water partition coefficient (Wildman–Crippen LogP) is 9.82. The number of hydrogen-bond acceptors (Lipinski definition) is 2. The summed E-state index contributed by atoms with van der Waals surface area (Å²) < 4.78 is 4.49. The summed E-state index contributed by atoms with van der Waals surface area (Å²) in [5.74, 6) is 0. The molecular formula is C40H30Fe2N4. The summed E-state index contributed by atoms with van der Waals surface area (Å²) in [5, 5.41) is 0. The fraction of sp³-hybridized carbons (Fsp3) is 0. The first-order chi connectivity index (χ1) is 21.8. The molecule has 226 valence electrons. The molecule has 0 saturated heterocycles. The summed E-state index contributed by atoms with van der Waals surface area (Å²) in [6.07, 6.45) is 8.29. The van der Waals surface area contributed by atoms with E-state index >= 15 is 0 Å². The number of aromatic nitrogens is 4. The minimum Gasteiger partial charge on any atom is -0.407 e. The van der Waals surface area contributed by atoms with Crippen LogP contribution >= 0.6 is 0 Å². The largest absolute Gasteiger partial charge is 2.00 e. The van der Waals surface area contributed by atoms with Crippen molar-refractivity contribution in [3.8, 4) is 11.4 Å². The third-order valence-electron chi connectivity index (χ3n) is 7.35. The molecule has 5 heterocycles. The minimum atomic E-state index is 0. The Morgan fingerprint density at radius 1 is 0.413 bits per heavy atom. The SMILES string of the molecule is C1=Cc2cc3ccc(cc4nc(cc5ccc(cc1n2)n5-[c-]1cccc1)C=C4)n3-[c-]1cccc1.[Fe+2].[Fe+2].c1cc[cH-]c1.c1cc[cH-]c1. The molecular weight excluding hydrogens is 648 g/mol. The number of fused-ring (bicyclic) bond motifs is 8. The normalized spacial score (nSPS) is 11.0. The molecule has 7 aromatic rings. The fourth-order valence-electron chi connectivity index (χ4n) is 5.37. The summed E-state index contributed by atoms with van der Waals surface area (Å²) in [5.41, 5.74) is 10.3. The van der Waals surface area contributed by atoms with Gasteiger partial charge in [0.15, 0.2) is 0 Å². The molecule has 0 unspecified atom stereocenters. The molecule has 4 aromatic carbocycles. The van der Waals surface area contributed by atoms with E-state index in [2.05, 4.69) is 131 Å². The van der Waals surface area contributed by atoms with E-state index in [1.807, 2.05) is 60.7 Å². The summed E-state index contributed by atoms with van der Waals surface area (Å²) in [6.45, 7) is 0. The van der Waals surface area contributed by atoms with Gasteiger partial charge in [-0.1, -0.05) is 24.3 Å². The Kier molecular flexibility index (Phi) is 10.8. The fourth-order valence-corrected chi connectivity index (χ4v) is 5.37. The molecule has 0 N–H and O–H groups in total. The van der Waals surface area contributed by atoms with Crippen molar-refractivity contribution in [2.24, 2.45) is 0 Å². The second-order valence-corrected chi connectivity index (χ2v) is 10.4. The molecule has 0 spiro atoms. The van der Waals surface area contributed by atoms with E-state index in [1.54, 1.807) is 0 Å². The first kappa shape index (κ1) is 32.4. The quantitative estimate of drug-likeness (QED) is 0.135. The van der Waals surface area contributed by atoms with E-state index in [9.17, 15) is 0 Å². The van der Waals surface area contributed by atoms with Crippen molar-refractivity contribution in [1.82, 2.24) is 19.1 Å². The molecule has 0 fully saturated rings. The first-order valence-electron chi connectivity index (χ1n) is 14.7. The average molecular weight is 678 g/mol. The van der Waals surface area contributed by atoms with Crippen molar-refractivity contribution in [2.75, 3.05) is 0 Å². The Morgan fingerprint density at radius 2 is 0.696 bits per heavy atom. The number of nitrogens with zero attached hydrogens (tertiary/aromatic N) is 4. The molecule has 6 heteroatoms. The Hall–Kier alpha value is -4.96. The third kappa shape index (κ3) is 7.46. The first-order valence-corrected chi connectivity index (χ1v) is 14.7. The molecule has 0 radical (unpaired) electrons. The van der Waals surface area contributed by atoms with Crippen LogP contribution in [-0.4, -0.2) is 19.1 Å². The van der Waals surface area contributed by atoms with Crippen LogP contribution in [0.4, 0.5) is 0 Å². The van der Waals surface area contributed by atoms with Gasteiger partial charge in [0.25, 0.3) is 0 Å². The van der Waals surface area contributed by atoms with E-state index in [1.165, 1.54) is 0 Å². The Balaban J connectivity index is 0.000000298. The van der Waals surface area contributed by atoms with Gasteiger partial charge in [-0.05, 0) is 82.0 Å². The molecule has 2 aliphatic heterocycles. The predicted molar refractivity (Wildman–Crippen MR) is 184 cm³/mol. The van der Waals surface area contributed by atoms with Crippen LogP contribution in [0.25, 0.3) is 57.7 Å². The molecule has 0 atom stereocenters. The van der Waals surface area contributed by atoms with Crippen LogP contribution in [0, 0.1) is 0 Å². The summed E-state index contributed by atoms with van der Waals surface area (Å²) in [4.78, 5) is 9.79. The van der Waals surface area contributed by atoms with E-state index < -0.39 is 0 Å². The molecule has 9 rings (SSSR count). The van der Waals surface area contributed by atoms with Gasteiger partial charge in [0.1, 0.15) is 0 Å². The Morgan fingerprint density at radius 3 is 0.935 bits per heavy atom. The van der Waals surface area contributed by atoms with Crippen LogP contribution in [0.1, 0.15) is 22.8 Å². The van der Waals surface area contributed by atoms with E-state index in [0.29, 0.717) is 0 Å². The van der Waals surface area contributed by atoms with Crippen molar-refractivity contribution < 1.29 is 34.1 Å². The maximum Gasteiger partial charge on any atom is 2.00 e. The van der Waals surface area contributed by atoms with Gasteiger partial charge in [0.05, 0.1) is 22.8 Å². The second-order valence-electron chi connectivity index (χ2n) is 10.4. The molecule has 0 amide bonds. The van der Waals surface area contributed by atoms with Crippen LogP contribution in [0.3, 0.4) is 0 Å². The zero-order valence-corrected chi connectivity index (χ0v) is 27.0. The smallest absolute Gasteiger partial charge is 0.407 e. The number of rotatable bonds is 2. The van der Waals surface area contributed by atoms with Crippen molar-refractivity contribution in [1.29, 1.82) is 0 Å². The van der Waals surface area contributed by atoms with Gasteiger partial charge in [-0.2, -0.15) is 60.7 Å². The molecule has 46 heavy (non-hydrogen) atoms. The molecule has 4 nitrogen and oxygen atoms in total. The Labute approximate surface area is 290 Å². The van der Waals surface area contributed by atoms with Gasteiger partial charge in [0.2, 0.25) is 0 Å². The van der Waals surface area contributed by atoms with Gasteiger partial charge in [-0.15, -0.1) is 24.3 Å². The van der Waals surface area contributed by atoms with Crippen molar-refractivity contribution in [3.63, 3.8) is 0 Å². The summed E-state index contributed by atoms with van der Waals surface area (Å²) in [6, 6.07) is 53.8. The maximum absolute atomic E-state index is 4.89. The van der Waals surface area contributed by atoms with Gasteiger partial charge >= 0.3 is 34.1 Å². The topological polar surface area (TPSA) is 35.6 Å². The van der Waals surface area contributed by atoms with Crippen LogP contribution < -0.4 is 0 Å². The van der Waals surface area contributed by atoms with Gasteiger partial charge in [-0.25, -0.2) is 24.3 Å². The van der Waals surface area contributed by atoms with Crippen molar-refractivity contribution in [3.05, 3.63) is 181 Å². The molecule has 3 aromatic heterocycles.